The summed E-state index contributed by atoms with van der Waals surface area (Å²) in [5.74, 6) is 2.65. The molecule has 1 aromatic rings. The van der Waals surface area contributed by atoms with Crippen molar-refractivity contribution in [1.82, 2.24) is 0 Å². The van der Waals surface area contributed by atoms with Crippen molar-refractivity contribution in [2.45, 2.75) is 84.2 Å². The Bertz CT molecular complexity index is 664. The molecule has 1 unspecified atom stereocenters. The summed E-state index contributed by atoms with van der Waals surface area (Å²) in [5, 5.41) is 9.26. The van der Waals surface area contributed by atoms with Gasteiger partial charge in [0.1, 0.15) is 17.1 Å². The van der Waals surface area contributed by atoms with E-state index in [0.717, 1.165) is 49.0 Å². The predicted octanol–water partition coefficient (Wildman–Crippen LogP) is 6.17. The maximum atomic E-state index is 11.3. The van der Waals surface area contributed by atoms with Crippen LogP contribution >= 0.6 is 0 Å². The molecular weight excluding hydrogens is 328 g/mol. The zero-order valence-corrected chi connectivity index (χ0v) is 16.5. The van der Waals surface area contributed by atoms with Crippen LogP contribution in [0.25, 0.3) is 0 Å². The van der Waals surface area contributed by atoms with Gasteiger partial charge in [-0.1, -0.05) is 33.1 Å². The maximum Gasteiger partial charge on any atom is 0.511 e. The molecule has 1 heterocycles. The molecule has 0 spiro atoms. The van der Waals surface area contributed by atoms with Gasteiger partial charge in [-0.15, -0.1) is 0 Å². The number of benzene rings is 1. The molecule has 1 saturated carbocycles. The van der Waals surface area contributed by atoms with E-state index in [1.165, 1.54) is 12.8 Å². The van der Waals surface area contributed by atoms with Gasteiger partial charge in [0.05, 0.1) is 0 Å². The summed E-state index contributed by atoms with van der Waals surface area (Å²) >= 11 is 0. The van der Waals surface area contributed by atoms with Gasteiger partial charge in [0, 0.05) is 11.5 Å². The van der Waals surface area contributed by atoms with Crippen LogP contribution in [0.2, 0.25) is 0 Å². The van der Waals surface area contributed by atoms with Crippen molar-refractivity contribution in [3.8, 4) is 11.5 Å². The number of carbonyl (C=O) groups is 1. The van der Waals surface area contributed by atoms with E-state index in [2.05, 4.69) is 33.8 Å². The molecule has 0 bridgehead atoms. The van der Waals surface area contributed by atoms with Gasteiger partial charge < -0.3 is 14.6 Å². The Morgan fingerprint density at radius 2 is 2.08 bits per heavy atom. The first-order valence-corrected chi connectivity index (χ1v) is 10.1. The fourth-order valence-electron chi connectivity index (χ4n) is 4.90. The van der Waals surface area contributed by atoms with Crippen LogP contribution in [0.1, 0.15) is 83.3 Å². The van der Waals surface area contributed by atoms with E-state index in [-0.39, 0.29) is 5.60 Å². The summed E-state index contributed by atoms with van der Waals surface area (Å²) in [6.07, 6.45) is 6.48. The highest BCUT2D eigenvalue weighted by Gasteiger charge is 2.47. The number of rotatable bonds is 5. The van der Waals surface area contributed by atoms with Crippen molar-refractivity contribution in [3.05, 3.63) is 23.3 Å². The molecule has 0 aromatic heterocycles. The third-order valence-corrected chi connectivity index (χ3v) is 6.18. The minimum Gasteiger partial charge on any atom is -0.487 e. The van der Waals surface area contributed by atoms with E-state index in [1.807, 2.05) is 6.07 Å². The molecule has 0 amide bonds. The van der Waals surface area contributed by atoms with Crippen molar-refractivity contribution in [1.29, 1.82) is 0 Å². The Kier molecular flexibility index (Phi) is 5.50. The van der Waals surface area contributed by atoms with Gasteiger partial charge >= 0.3 is 6.16 Å². The van der Waals surface area contributed by atoms with Crippen molar-refractivity contribution in [2.24, 2.45) is 11.8 Å². The SMILES string of the molecule is CCCCCc1cc(OC(=O)O)c2c(c1)OC(C)(C)[C@H]1CCC(C)C[C@H]21. The fourth-order valence-corrected chi connectivity index (χ4v) is 4.90. The van der Waals surface area contributed by atoms with Gasteiger partial charge in [0.15, 0.2) is 0 Å². The van der Waals surface area contributed by atoms with Crippen molar-refractivity contribution < 1.29 is 19.4 Å². The predicted molar refractivity (Wildman–Crippen MR) is 102 cm³/mol. The quantitative estimate of drug-likeness (QED) is 0.388. The first-order chi connectivity index (χ1) is 12.3. The summed E-state index contributed by atoms with van der Waals surface area (Å²) in [7, 11) is 0. The second-order valence-corrected chi connectivity index (χ2v) is 8.67. The van der Waals surface area contributed by atoms with Crippen LogP contribution in [0.5, 0.6) is 11.5 Å². The van der Waals surface area contributed by atoms with E-state index in [0.29, 0.717) is 23.5 Å². The summed E-state index contributed by atoms with van der Waals surface area (Å²) in [6.45, 7) is 8.81. The number of carboxylic acid groups (broad SMARTS) is 1. The molecule has 1 aliphatic carbocycles. The smallest absolute Gasteiger partial charge is 0.487 e. The molecule has 0 saturated heterocycles. The number of unbranched alkanes of at least 4 members (excludes halogenated alkanes) is 2. The van der Waals surface area contributed by atoms with Crippen LogP contribution in [0.15, 0.2) is 12.1 Å². The average molecular weight is 360 g/mol. The molecule has 1 aliphatic heterocycles. The molecule has 26 heavy (non-hydrogen) atoms. The Labute approximate surface area is 156 Å². The second-order valence-electron chi connectivity index (χ2n) is 8.67. The van der Waals surface area contributed by atoms with Crippen molar-refractivity contribution in [3.63, 3.8) is 0 Å². The lowest BCUT2D eigenvalue weighted by Crippen LogP contribution is -2.46. The third-order valence-electron chi connectivity index (χ3n) is 6.18. The summed E-state index contributed by atoms with van der Waals surface area (Å²) < 4.78 is 11.7. The van der Waals surface area contributed by atoms with Gasteiger partial charge in [-0.25, -0.2) is 4.79 Å². The number of fused-ring (bicyclic) bond motifs is 3. The van der Waals surface area contributed by atoms with Crippen LogP contribution in [0.3, 0.4) is 0 Å². The van der Waals surface area contributed by atoms with Crippen molar-refractivity contribution >= 4 is 6.16 Å². The largest absolute Gasteiger partial charge is 0.511 e. The Morgan fingerprint density at radius 3 is 2.77 bits per heavy atom. The van der Waals surface area contributed by atoms with Gasteiger partial charge in [-0.2, -0.15) is 0 Å². The van der Waals surface area contributed by atoms with Crippen LogP contribution in [-0.2, 0) is 6.42 Å². The average Bonchev–Trinajstić information content (AvgIpc) is 2.53. The zero-order chi connectivity index (χ0) is 18.9. The summed E-state index contributed by atoms with van der Waals surface area (Å²) in [5.41, 5.74) is 1.84. The highest BCUT2D eigenvalue weighted by molar-refractivity contribution is 5.64. The van der Waals surface area contributed by atoms with Gasteiger partial charge in [0.25, 0.3) is 0 Å². The van der Waals surface area contributed by atoms with Crippen LogP contribution in [0.4, 0.5) is 4.79 Å². The number of ether oxygens (including phenoxy) is 2. The standard InChI is InChI=1S/C22H32O4/c1-5-6-7-8-15-12-18(25-21(23)24)20-16-11-14(2)9-10-17(16)22(3,4)26-19(20)13-15/h12-14,16-17H,5-11H2,1-4H3,(H,23,24)/t14?,16-,17-/m0/s1. The lowest BCUT2D eigenvalue weighted by atomic mass is 9.64. The molecule has 4 heteroatoms. The Morgan fingerprint density at radius 1 is 1.31 bits per heavy atom. The lowest BCUT2D eigenvalue weighted by Gasteiger charge is -2.49. The highest BCUT2D eigenvalue weighted by atomic mass is 16.7. The summed E-state index contributed by atoms with van der Waals surface area (Å²) in [4.78, 5) is 11.3. The minimum atomic E-state index is -1.25. The second kappa shape index (κ2) is 7.50. The number of hydrogen-bond acceptors (Lipinski definition) is 3. The van der Waals surface area contributed by atoms with E-state index in [9.17, 15) is 9.90 Å². The molecule has 2 aliphatic rings. The molecule has 4 nitrogen and oxygen atoms in total. The van der Waals surface area contributed by atoms with Crippen molar-refractivity contribution in [2.75, 3.05) is 0 Å². The highest BCUT2D eigenvalue weighted by Crippen LogP contribution is 2.55. The molecule has 1 fully saturated rings. The monoisotopic (exact) mass is 360 g/mol. The van der Waals surface area contributed by atoms with Gasteiger partial charge in [-0.3, -0.25) is 0 Å². The Balaban J connectivity index is 2.03. The molecule has 1 N–H and O–H groups in total. The first-order valence-electron chi connectivity index (χ1n) is 10.1. The molecule has 0 radical (unpaired) electrons. The molecule has 3 rings (SSSR count). The van der Waals surface area contributed by atoms with E-state index >= 15 is 0 Å². The van der Waals surface area contributed by atoms with E-state index < -0.39 is 6.16 Å². The molecule has 3 atom stereocenters. The lowest BCUT2D eigenvalue weighted by molar-refractivity contribution is -0.0146. The molecular formula is C22H32O4. The first kappa shape index (κ1) is 19.1. The van der Waals surface area contributed by atoms with Crippen LogP contribution in [-0.4, -0.2) is 16.9 Å². The molecule has 1 aromatic carbocycles. The zero-order valence-electron chi connectivity index (χ0n) is 16.5. The van der Waals surface area contributed by atoms with Gasteiger partial charge in [-0.05, 0) is 69.1 Å². The fraction of sp³-hybridized carbons (Fsp3) is 0.682. The van der Waals surface area contributed by atoms with E-state index in [1.54, 1.807) is 0 Å². The van der Waals surface area contributed by atoms with Gasteiger partial charge in [0.2, 0.25) is 0 Å². The normalized spacial score (nSPS) is 26.4. The number of aryl methyl sites for hydroxylation is 1. The maximum absolute atomic E-state index is 11.3. The number of hydrogen-bond donors (Lipinski definition) is 1. The molecule has 144 valence electrons. The van der Waals surface area contributed by atoms with Crippen LogP contribution < -0.4 is 9.47 Å². The van der Waals surface area contributed by atoms with Crippen LogP contribution in [0, 0.1) is 11.8 Å². The minimum absolute atomic E-state index is 0.236. The third kappa shape index (κ3) is 3.84. The topological polar surface area (TPSA) is 55.8 Å². The van der Waals surface area contributed by atoms with E-state index in [4.69, 9.17) is 9.47 Å². The Hall–Kier alpha value is -1.71. The summed E-state index contributed by atoms with van der Waals surface area (Å²) in [6, 6.07) is 4.05.